The third kappa shape index (κ3) is 4.77. The van der Waals surface area contributed by atoms with E-state index in [0.29, 0.717) is 5.25 Å². The van der Waals surface area contributed by atoms with Crippen molar-refractivity contribution in [2.45, 2.75) is 44.5 Å². The first-order chi connectivity index (χ1) is 9.85. The van der Waals surface area contributed by atoms with E-state index in [1.807, 2.05) is 45.9 Å². The maximum Gasteiger partial charge on any atom is 0.242 e. The third-order valence-electron chi connectivity index (χ3n) is 3.06. The molecule has 2 N–H and O–H groups in total. The van der Waals surface area contributed by atoms with Gasteiger partial charge in [0.05, 0.1) is 11.8 Å². The Morgan fingerprint density at radius 2 is 2.00 bits per heavy atom. The normalized spacial score (nSPS) is 19.8. The zero-order chi connectivity index (χ0) is 15.5. The van der Waals surface area contributed by atoms with Crippen molar-refractivity contribution in [3.8, 4) is 0 Å². The minimum absolute atomic E-state index is 0.00559. The van der Waals surface area contributed by atoms with Crippen molar-refractivity contribution in [3.05, 3.63) is 35.9 Å². The molecule has 0 spiro atoms. The van der Waals surface area contributed by atoms with Crippen molar-refractivity contribution >= 4 is 22.8 Å². The Hall–Kier alpha value is -1.49. The fourth-order valence-corrected chi connectivity index (χ4v) is 3.13. The molecule has 114 valence electrons. The Balaban J connectivity index is 1.86. The molecule has 2 rings (SSSR count). The number of carbonyl (C=O) groups is 1. The number of amides is 1. The summed E-state index contributed by atoms with van der Waals surface area (Å²) in [4.78, 5) is 16.6. The van der Waals surface area contributed by atoms with E-state index in [1.54, 1.807) is 11.8 Å². The Labute approximate surface area is 130 Å². The molecule has 1 heterocycles. The second kappa shape index (κ2) is 6.52. The van der Waals surface area contributed by atoms with Gasteiger partial charge in [0.1, 0.15) is 6.04 Å². The van der Waals surface area contributed by atoms with Crippen LogP contribution in [0.15, 0.2) is 35.3 Å². The van der Waals surface area contributed by atoms with E-state index in [-0.39, 0.29) is 17.5 Å². The summed E-state index contributed by atoms with van der Waals surface area (Å²) in [5.41, 5.74) is 1.05. The molecule has 0 saturated heterocycles. The van der Waals surface area contributed by atoms with Crippen LogP contribution in [-0.4, -0.2) is 29.2 Å². The molecule has 1 aromatic carbocycles. The predicted molar refractivity (Wildman–Crippen MR) is 89.6 cm³/mol. The molecule has 0 aromatic heterocycles. The van der Waals surface area contributed by atoms with Gasteiger partial charge in [-0.25, -0.2) is 0 Å². The number of nitrogens with zero attached hydrogens (tertiary/aromatic N) is 1. The molecular formula is C16H23N3OS. The zero-order valence-corrected chi connectivity index (χ0v) is 13.8. The quantitative estimate of drug-likeness (QED) is 0.903. The lowest BCUT2D eigenvalue weighted by Crippen LogP contribution is -2.50. The highest BCUT2D eigenvalue weighted by molar-refractivity contribution is 8.14. The van der Waals surface area contributed by atoms with Gasteiger partial charge in [-0.2, -0.15) is 0 Å². The molecular weight excluding hydrogens is 282 g/mol. The van der Waals surface area contributed by atoms with Gasteiger partial charge in [-0.1, -0.05) is 42.1 Å². The molecule has 5 heteroatoms. The molecule has 1 aromatic rings. The van der Waals surface area contributed by atoms with Gasteiger partial charge in [-0.05, 0) is 33.3 Å². The van der Waals surface area contributed by atoms with Gasteiger partial charge in [-0.15, -0.1) is 0 Å². The second-order valence-electron chi connectivity index (χ2n) is 6.27. The number of nitrogens with one attached hydrogen (secondary N) is 2. The van der Waals surface area contributed by atoms with E-state index in [0.717, 1.165) is 11.7 Å². The van der Waals surface area contributed by atoms with E-state index in [1.165, 1.54) is 5.56 Å². The Morgan fingerprint density at radius 1 is 1.33 bits per heavy atom. The van der Waals surface area contributed by atoms with Crippen molar-refractivity contribution in [1.82, 2.24) is 10.6 Å². The first kappa shape index (κ1) is 15.9. The second-order valence-corrected chi connectivity index (χ2v) is 7.46. The van der Waals surface area contributed by atoms with Crippen molar-refractivity contribution in [2.75, 3.05) is 6.54 Å². The minimum atomic E-state index is -0.287. The van der Waals surface area contributed by atoms with Gasteiger partial charge in [-0.3, -0.25) is 9.79 Å². The molecule has 1 aliphatic heterocycles. The van der Waals surface area contributed by atoms with E-state index >= 15 is 0 Å². The van der Waals surface area contributed by atoms with E-state index in [4.69, 9.17) is 0 Å². The topological polar surface area (TPSA) is 53.5 Å². The van der Waals surface area contributed by atoms with Crippen molar-refractivity contribution in [1.29, 1.82) is 0 Å². The van der Waals surface area contributed by atoms with Crippen molar-refractivity contribution < 1.29 is 4.79 Å². The number of benzene rings is 1. The van der Waals surface area contributed by atoms with Crippen LogP contribution in [0.5, 0.6) is 0 Å². The van der Waals surface area contributed by atoms with Gasteiger partial charge in [0.25, 0.3) is 0 Å². The number of aliphatic imine (C=N–C) groups is 1. The van der Waals surface area contributed by atoms with Gasteiger partial charge < -0.3 is 10.6 Å². The van der Waals surface area contributed by atoms with Crippen LogP contribution in [0.1, 0.15) is 38.5 Å². The van der Waals surface area contributed by atoms with Crippen molar-refractivity contribution in [3.63, 3.8) is 0 Å². The molecule has 2 atom stereocenters. The van der Waals surface area contributed by atoms with Gasteiger partial charge in [0, 0.05) is 5.54 Å². The Bertz CT molecular complexity index is 522. The molecule has 0 saturated carbocycles. The summed E-state index contributed by atoms with van der Waals surface area (Å²) in [6.07, 6.45) is 0. The lowest BCUT2D eigenvalue weighted by molar-refractivity contribution is -0.123. The average molecular weight is 305 g/mol. The summed E-state index contributed by atoms with van der Waals surface area (Å²) < 4.78 is 0. The molecule has 4 nitrogen and oxygen atoms in total. The fourth-order valence-electron chi connectivity index (χ4n) is 2.02. The largest absolute Gasteiger partial charge is 0.353 e. The first-order valence-corrected chi connectivity index (χ1v) is 8.08. The van der Waals surface area contributed by atoms with Gasteiger partial charge >= 0.3 is 0 Å². The fraction of sp³-hybridized carbons (Fsp3) is 0.500. The number of amidine groups is 1. The number of rotatable bonds is 3. The van der Waals surface area contributed by atoms with Crippen molar-refractivity contribution in [2.24, 2.45) is 4.99 Å². The summed E-state index contributed by atoms with van der Waals surface area (Å²) in [7, 11) is 0. The van der Waals surface area contributed by atoms with Crippen LogP contribution in [-0.2, 0) is 4.79 Å². The molecule has 0 aliphatic carbocycles. The maximum atomic E-state index is 12.1. The molecule has 1 aliphatic rings. The van der Waals surface area contributed by atoms with E-state index in [2.05, 4.69) is 27.8 Å². The average Bonchev–Trinajstić information content (AvgIpc) is 2.86. The highest BCUT2D eigenvalue weighted by Crippen LogP contribution is 2.34. The van der Waals surface area contributed by atoms with E-state index in [9.17, 15) is 4.79 Å². The summed E-state index contributed by atoms with van der Waals surface area (Å²) in [6.45, 7) is 8.55. The third-order valence-corrected chi connectivity index (χ3v) is 4.23. The highest BCUT2D eigenvalue weighted by Gasteiger charge is 2.25. The molecule has 2 unspecified atom stereocenters. The van der Waals surface area contributed by atoms with Crippen LogP contribution >= 0.6 is 11.8 Å². The molecule has 0 bridgehead atoms. The standard InChI is InChI=1S/C16H23N3OS/c1-11(14(20)19-16(2,3)4)18-15-17-10-13(21-15)12-8-6-5-7-9-12/h5-9,11,13H,10H2,1-4H3,(H,17,18)(H,19,20). The van der Waals surface area contributed by atoms with E-state index < -0.39 is 0 Å². The monoisotopic (exact) mass is 305 g/mol. The number of hydrogen-bond donors (Lipinski definition) is 2. The minimum Gasteiger partial charge on any atom is -0.353 e. The summed E-state index contributed by atoms with van der Waals surface area (Å²) in [5, 5.41) is 7.36. The Morgan fingerprint density at radius 3 is 2.62 bits per heavy atom. The van der Waals surface area contributed by atoms with Crippen LogP contribution in [0.3, 0.4) is 0 Å². The van der Waals surface area contributed by atoms with Gasteiger partial charge in [0.15, 0.2) is 5.17 Å². The number of hydrogen-bond acceptors (Lipinski definition) is 4. The highest BCUT2D eigenvalue weighted by atomic mass is 32.2. The summed E-state index contributed by atoms with van der Waals surface area (Å²) in [6, 6.07) is 10.0. The lowest BCUT2D eigenvalue weighted by atomic mass is 10.1. The molecule has 0 fully saturated rings. The van der Waals surface area contributed by atoms with Crippen LogP contribution in [0.4, 0.5) is 0 Å². The lowest BCUT2D eigenvalue weighted by Gasteiger charge is -2.24. The Kier molecular flexibility index (Phi) is 4.93. The number of thioether (sulfide) groups is 1. The van der Waals surface area contributed by atoms with Crippen LogP contribution in [0.25, 0.3) is 0 Å². The van der Waals surface area contributed by atoms with Crippen LogP contribution < -0.4 is 10.6 Å². The van der Waals surface area contributed by atoms with Crippen LogP contribution in [0, 0.1) is 0 Å². The molecule has 0 radical (unpaired) electrons. The predicted octanol–water partition coefficient (Wildman–Crippen LogP) is 2.72. The SMILES string of the molecule is CC(NC1=NCC(c2ccccc2)S1)C(=O)NC(C)(C)C. The summed E-state index contributed by atoms with van der Waals surface area (Å²) in [5.74, 6) is -0.00559. The first-order valence-electron chi connectivity index (χ1n) is 7.20. The van der Waals surface area contributed by atoms with Crippen LogP contribution in [0.2, 0.25) is 0 Å². The number of carbonyl (C=O) groups excluding carboxylic acids is 1. The molecule has 1 amide bonds. The maximum absolute atomic E-state index is 12.1. The molecule has 21 heavy (non-hydrogen) atoms. The summed E-state index contributed by atoms with van der Waals surface area (Å²) >= 11 is 1.69. The smallest absolute Gasteiger partial charge is 0.242 e. The van der Waals surface area contributed by atoms with Gasteiger partial charge in [0.2, 0.25) is 5.91 Å². The zero-order valence-electron chi connectivity index (χ0n) is 13.0.